The molecule has 2 rings (SSSR count). The zero-order valence-electron chi connectivity index (χ0n) is 12.6. The number of aliphatic hydroxyl groups excluding tert-OH is 1. The monoisotopic (exact) mass is 303 g/mol. The highest BCUT2D eigenvalue weighted by Crippen LogP contribution is 2.20. The molecule has 0 spiro atoms. The van der Waals surface area contributed by atoms with Gasteiger partial charge in [0.15, 0.2) is 0 Å². The molecule has 2 aromatic rings. The molecule has 0 bridgehead atoms. The number of nitrogens with one attached hydrogen (secondary N) is 1. The Labute approximate surface area is 130 Å². The number of para-hydroxylation sites is 1. The Morgan fingerprint density at radius 1 is 0.955 bits per heavy atom. The van der Waals surface area contributed by atoms with Crippen molar-refractivity contribution in [1.29, 1.82) is 0 Å². The summed E-state index contributed by atoms with van der Waals surface area (Å²) in [5.41, 5.74) is 1.59. The fourth-order valence-corrected chi connectivity index (χ4v) is 2.15. The van der Waals surface area contributed by atoms with E-state index in [1.807, 2.05) is 24.3 Å². The second kappa shape index (κ2) is 9.18. The molecule has 0 aliphatic heterocycles. The van der Waals surface area contributed by atoms with Crippen LogP contribution in [0.5, 0.6) is 5.75 Å². The van der Waals surface area contributed by atoms with Crippen molar-refractivity contribution in [3.8, 4) is 5.75 Å². The maximum atomic E-state index is 13.6. The molecule has 0 heterocycles. The molecule has 118 valence electrons. The van der Waals surface area contributed by atoms with Crippen LogP contribution in [-0.2, 0) is 13.2 Å². The third kappa shape index (κ3) is 5.13. The lowest BCUT2D eigenvalue weighted by molar-refractivity contribution is 0.283. The van der Waals surface area contributed by atoms with Crippen molar-refractivity contribution in [2.45, 2.75) is 26.0 Å². The van der Waals surface area contributed by atoms with Crippen LogP contribution >= 0.6 is 0 Å². The van der Waals surface area contributed by atoms with E-state index < -0.39 is 0 Å². The molecule has 0 fully saturated rings. The van der Waals surface area contributed by atoms with Crippen molar-refractivity contribution in [1.82, 2.24) is 5.32 Å². The summed E-state index contributed by atoms with van der Waals surface area (Å²) in [5, 5.41) is 12.1. The van der Waals surface area contributed by atoms with E-state index in [4.69, 9.17) is 9.84 Å². The van der Waals surface area contributed by atoms with Crippen molar-refractivity contribution < 1.29 is 14.2 Å². The van der Waals surface area contributed by atoms with Crippen molar-refractivity contribution in [3.63, 3.8) is 0 Å². The number of benzene rings is 2. The van der Waals surface area contributed by atoms with Crippen LogP contribution in [0.1, 0.15) is 24.0 Å². The third-order valence-electron chi connectivity index (χ3n) is 3.39. The predicted octanol–water partition coefficient (Wildman–Crippen LogP) is 3.27. The summed E-state index contributed by atoms with van der Waals surface area (Å²) < 4.78 is 19.4. The van der Waals surface area contributed by atoms with Gasteiger partial charge in [-0.1, -0.05) is 36.4 Å². The van der Waals surface area contributed by atoms with Gasteiger partial charge in [-0.2, -0.15) is 0 Å². The Bertz CT molecular complexity index is 575. The molecule has 2 N–H and O–H groups in total. The average Bonchev–Trinajstić information content (AvgIpc) is 2.55. The second-order valence-electron chi connectivity index (χ2n) is 5.10. The van der Waals surface area contributed by atoms with E-state index in [2.05, 4.69) is 5.32 Å². The van der Waals surface area contributed by atoms with E-state index in [9.17, 15) is 4.39 Å². The number of halogens is 1. The van der Waals surface area contributed by atoms with Gasteiger partial charge >= 0.3 is 0 Å². The first-order valence-corrected chi connectivity index (χ1v) is 7.57. The highest BCUT2D eigenvalue weighted by molar-refractivity contribution is 5.33. The quantitative estimate of drug-likeness (QED) is 0.699. The number of aliphatic hydroxyl groups is 1. The van der Waals surface area contributed by atoms with Gasteiger partial charge in [0.25, 0.3) is 0 Å². The fourth-order valence-electron chi connectivity index (χ4n) is 2.15. The van der Waals surface area contributed by atoms with Gasteiger partial charge in [0, 0.05) is 24.3 Å². The smallest absolute Gasteiger partial charge is 0.129 e. The fraction of sp³-hybridized carbons (Fsp3) is 0.333. The molecule has 0 aliphatic carbocycles. The first-order valence-electron chi connectivity index (χ1n) is 7.57. The minimum absolute atomic E-state index is 0.216. The molecule has 22 heavy (non-hydrogen) atoms. The van der Waals surface area contributed by atoms with Crippen LogP contribution in [0.3, 0.4) is 0 Å². The molecule has 0 amide bonds. The van der Waals surface area contributed by atoms with Gasteiger partial charge in [-0.05, 0) is 31.5 Å². The number of hydrogen-bond acceptors (Lipinski definition) is 3. The van der Waals surface area contributed by atoms with E-state index in [1.165, 1.54) is 6.07 Å². The third-order valence-corrected chi connectivity index (χ3v) is 3.39. The van der Waals surface area contributed by atoms with Gasteiger partial charge in [0.1, 0.15) is 18.2 Å². The Morgan fingerprint density at radius 3 is 2.45 bits per heavy atom. The van der Waals surface area contributed by atoms with Gasteiger partial charge < -0.3 is 15.2 Å². The van der Waals surface area contributed by atoms with E-state index in [-0.39, 0.29) is 19.0 Å². The van der Waals surface area contributed by atoms with Gasteiger partial charge in [-0.15, -0.1) is 0 Å². The minimum atomic E-state index is -0.248. The normalized spacial score (nSPS) is 10.6. The zero-order valence-corrected chi connectivity index (χ0v) is 12.6. The molecule has 0 saturated heterocycles. The van der Waals surface area contributed by atoms with Crippen LogP contribution in [-0.4, -0.2) is 18.3 Å². The molecule has 2 aromatic carbocycles. The molecule has 0 aromatic heterocycles. The summed E-state index contributed by atoms with van der Waals surface area (Å²) in [6, 6.07) is 14.4. The predicted molar refractivity (Wildman–Crippen MR) is 85.2 cm³/mol. The summed E-state index contributed by atoms with van der Waals surface area (Å²) in [6.45, 7) is 1.99. The SMILES string of the molecule is OCCCCNCc1ccccc1OCc1ccccc1F. The highest BCUT2D eigenvalue weighted by atomic mass is 19.1. The van der Waals surface area contributed by atoms with E-state index in [0.717, 1.165) is 30.7 Å². The Morgan fingerprint density at radius 2 is 1.68 bits per heavy atom. The van der Waals surface area contributed by atoms with Gasteiger partial charge in [0.2, 0.25) is 0 Å². The lowest BCUT2D eigenvalue weighted by Gasteiger charge is -2.12. The summed E-state index contributed by atoms with van der Waals surface area (Å²) in [6.07, 6.45) is 1.74. The first-order chi connectivity index (χ1) is 10.8. The van der Waals surface area contributed by atoms with E-state index >= 15 is 0 Å². The molecular formula is C18H22FNO2. The maximum absolute atomic E-state index is 13.6. The van der Waals surface area contributed by atoms with Crippen LogP contribution in [0.15, 0.2) is 48.5 Å². The number of rotatable bonds is 9. The van der Waals surface area contributed by atoms with Crippen LogP contribution < -0.4 is 10.1 Å². The topological polar surface area (TPSA) is 41.5 Å². The van der Waals surface area contributed by atoms with E-state index in [0.29, 0.717) is 12.1 Å². The second-order valence-corrected chi connectivity index (χ2v) is 5.10. The summed E-state index contributed by atoms with van der Waals surface area (Å²) in [4.78, 5) is 0. The number of hydrogen-bond donors (Lipinski definition) is 2. The Balaban J connectivity index is 1.89. The van der Waals surface area contributed by atoms with Gasteiger partial charge in [-0.3, -0.25) is 0 Å². The molecule has 0 unspecified atom stereocenters. The zero-order chi connectivity index (χ0) is 15.6. The summed E-state index contributed by atoms with van der Waals surface area (Å²) in [7, 11) is 0. The molecule has 0 radical (unpaired) electrons. The highest BCUT2D eigenvalue weighted by Gasteiger charge is 2.05. The Kier molecular flexibility index (Phi) is 6.87. The molecule has 0 atom stereocenters. The summed E-state index contributed by atoms with van der Waals surface area (Å²) >= 11 is 0. The van der Waals surface area contributed by atoms with Crippen molar-refractivity contribution >= 4 is 0 Å². The van der Waals surface area contributed by atoms with Crippen LogP contribution in [0.25, 0.3) is 0 Å². The van der Waals surface area contributed by atoms with Crippen molar-refractivity contribution in [2.24, 2.45) is 0 Å². The molecule has 3 nitrogen and oxygen atoms in total. The number of unbranched alkanes of at least 4 members (excludes halogenated alkanes) is 1. The van der Waals surface area contributed by atoms with Crippen LogP contribution in [0.2, 0.25) is 0 Å². The molecule has 0 saturated carbocycles. The van der Waals surface area contributed by atoms with Gasteiger partial charge in [-0.25, -0.2) is 4.39 Å². The van der Waals surface area contributed by atoms with Crippen LogP contribution in [0.4, 0.5) is 4.39 Å². The number of ether oxygens (including phenoxy) is 1. The lowest BCUT2D eigenvalue weighted by atomic mass is 10.2. The maximum Gasteiger partial charge on any atom is 0.129 e. The standard InChI is InChI=1S/C18H22FNO2/c19-17-9-3-1-8-16(17)14-22-18-10-4-2-7-15(18)13-20-11-5-6-12-21/h1-4,7-10,20-21H,5-6,11-14H2. The first kappa shape index (κ1) is 16.5. The largest absolute Gasteiger partial charge is 0.488 e. The average molecular weight is 303 g/mol. The van der Waals surface area contributed by atoms with Gasteiger partial charge in [0.05, 0.1) is 0 Å². The molecule has 4 heteroatoms. The van der Waals surface area contributed by atoms with Crippen molar-refractivity contribution in [2.75, 3.05) is 13.2 Å². The minimum Gasteiger partial charge on any atom is -0.488 e. The van der Waals surface area contributed by atoms with Crippen LogP contribution in [0, 0.1) is 5.82 Å². The molecular weight excluding hydrogens is 281 g/mol. The van der Waals surface area contributed by atoms with E-state index in [1.54, 1.807) is 18.2 Å². The Hall–Kier alpha value is -1.91. The lowest BCUT2D eigenvalue weighted by Crippen LogP contribution is -2.15. The summed E-state index contributed by atoms with van der Waals surface area (Å²) in [5.74, 6) is 0.516. The van der Waals surface area contributed by atoms with Crippen molar-refractivity contribution in [3.05, 3.63) is 65.5 Å². The molecule has 0 aliphatic rings.